The molecule has 1 aromatic heterocycles. The van der Waals surface area contributed by atoms with Gasteiger partial charge in [0.05, 0.1) is 17.8 Å². The van der Waals surface area contributed by atoms with Gasteiger partial charge in [-0.15, -0.1) is 5.10 Å². The fourth-order valence-corrected chi connectivity index (χ4v) is 4.03. The van der Waals surface area contributed by atoms with E-state index in [1.54, 1.807) is 11.0 Å². The Balaban J connectivity index is 1.60. The van der Waals surface area contributed by atoms with Crippen molar-refractivity contribution in [2.24, 2.45) is 0 Å². The van der Waals surface area contributed by atoms with Crippen LogP contribution in [0.4, 0.5) is 4.39 Å². The number of halogens is 1. The highest BCUT2D eigenvalue weighted by atomic mass is 19.1. The number of piperazine rings is 1. The Labute approximate surface area is 157 Å². The molecule has 2 fully saturated rings. The van der Waals surface area contributed by atoms with Gasteiger partial charge in [0.2, 0.25) is 0 Å². The SMILES string of the molecule is Cc1c(C(=O)N2CCNCC2c2cccc(F)c2)nnn1C1CCNCC1. The first-order valence-electron chi connectivity index (χ1n) is 9.55. The number of nitrogens with one attached hydrogen (secondary N) is 2. The molecule has 0 saturated carbocycles. The molecule has 0 bridgehead atoms. The zero-order valence-electron chi connectivity index (χ0n) is 15.5. The normalized spacial score (nSPS) is 21.4. The molecule has 2 saturated heterocycles. The second-order valence-corrected chi connectivity index (χ2v) is 7.22. The van der Waals surface area contributed by atoms with E-state index in [-0.39, 0.29) is 23.8 Å². The molecule has 0 radical (unpaired) electrons. The first-order valence-corrected chi connectivity index (χ1v) is 9.55. The minimum atomic E-state index is -0.293. The summed E-state index contributed by atoms with van der Waals surface area (Å²) in [6.45, 7) is 5.67. The third kappa shape index (κ3) is 3.59. The maximum absolute atomic E-state index is 13.7. The van der Waals surface area contributed by atoms with E-state index in [1.165, 1.54) is 12.1 Å². The van der Waals surface area contributed by atoms with Crippen molar-refractivity contribution in [3.05, 3.63) is 47.0 Å². The summed E-state index contributed by atoms with van der Waals surface area (Å²) in [6.07, 6.45) is 1.97. The summed E-state index contributed by atoms with van der Waals surface area (Å²) in [5.41, 5.74) is 2.00. The molecule has 27 heavy (non-hydrogen) atoms. The molecule has 3 heterocycles. The lowest BCUT2D eigenvalue weighted by Crippen LogP contribution is -2.49. The average molecular weight is 372 g/mol. The molecule has 4 rings (SSSR count). The molecule has 1 unspecified atom stereocenters. The highest BCUT2D eigenvalue weighted by molar-refractivity contribution is 5.93. The maximum Gasteiger partial charge on any atom is 0.276 e. The van der Waals surface area contributed by atoms with Gasteiger partial charge in [-0.05, 0) is 50.6 Å². The fourth-order valence-electron chi connectivity index (χ4n) is 4.03. The molecular weight excluding hydrogens is 347 g/mol. The number of piperidine rings is 1. The van der Waals surface area contributed by atoms with Crippen molar-refractivity contribution in [3.8, 4) is 0 Å². The molecule has 2 N–H and O–H groups in total. The Morgan fingerprint density at radius 3 is 2.81 bits per heavy atom. The monoisotopic (exact) mass is 372 g/mol. The van der Waals surface area contributed by atoms with Crippen LogP contribution >= 0.6 is 0 Å². The van der Waals surface area contributed by atoms with E-state index in [0.717, 1.165) is 37.2 Å². The van der Waals surface area contributed by atoms with Crippen molar-refractivity contribution in [1.29, 1.82) is 0 Å². The van der Waals surface area contributed by atoms with Gasteiger partial charge in [0.15, 0.2) is 5.69 Å². The highest BCUT2D eigenvalue weighted by Crippen LogP contribution is 2.26. The van der Waals surface area contributed by atoms with Crippen molar-refractivity contribution in [3.63, 3.8) is 0 Å². The Bertz CT molecular complexity index is 816. The second-order valence-electron chi connectivity index (χ2n) is 7.22. The van der Waals surface area contributed by atoms with Crippen LogP contribution in [0.3, 0.4) is 0 Å². The van der Waals surface area contributed by atoms with Crippen LogP contribution in [0.25, 0.3) is 0 Å². The molecular formula is C19H25FN6O. The van der Waals surface area contributed by atoms with Gasteiger partial charge in [-0.25, -0.2) is 9.07 Å². The van der Waals surface area contributed by atoms with Crippen LogP contribution in [-0.4, -0.2) is 58.5 Å². The second kappa shape index (κ2) is 7.74. The number of aromatic nitrogens is 3. The summed E-state index contributed by atoms with van der Waals surface area (Å²) < 4.78 is 15.6. The lowest BCUT2D eigenvalue weighted by Gasteiger charge is -2.36. The summed E-state index contributed by atoms with van der Waals surface area (Å²) in [7, 11) is 0. The van der Waals surface area contributed by atoms with Crippen molar-refractivity contribution in [2.75, 3.05) is 32.7 Å². The molecule has 0 spiro atoms. The number of hydrogen-bond acceptors (Lipinski definition) is 5. The van der Waals surface area contributed by atoms with E-state index in [1.807, 2.05) is 17.7 Å². The van der Waals surface area contributed by atoms with Gasteiger partial charge >= 0.3 is 0 Å². The van der Waals surface area contributed by atoms with Gasteiger partial charge in [0.25, 0.3) is 5.91 Å². The van der Waals surface area contributed by atoms with Crippen LogP contribution in [0.5, 0.6) is 0 Å². The maximum atomic E-state index is 13.7. The zero-order valence-corrected chi connectivity index (χ0v) is 15.5. The number of hydrogen-bond donors (Lipinski definition) is 2. The number of benzene rings is 1. The van der Waals surface area contributed by atoms with E-state index in [4.69, 9.17) is 0 Å². The highest BCUT2D eigenvalue weighted by Gasteiger charge is 2.32. The largest absolute Gasteiger partial charge is 0.328 e. The fraction of sp³-hybridized carbons (Fsp3) is 0.526. The predicted octanol–water partition coefficient (Wildman–Crippen LogP) is 1.44. The van der Waals surface area contributed by atoms with Crippen LogP contribution < -0.4 is 10.6 Å². The van der Waals surface area contributed by atoms with Gasteiger partial charge in [0.1, 0.15) is 5.82 Å². The van der Waals surface area contributed by atoms with Gasteiger partial charge in [-0.3, -0.25) is 4.79 Å². The molecule has 2 aromatic rings. The minimum absolute atomic E-state index is 0.136. The molecule has 8 heteroatoms. The molecule has 7 nitrogen and oxygen atoms in total. The summed E-state index contributed by atoms with van der Waals surface area (Å²) in [6, 6.07) is 6.52. The van der Waals surface area contributed by atoms with Crippen molar-refractivity contribution >= 4 is 5.91 Å². The van der Waals surface area contributed by atoms with Gasteiger partial charge < -0.3 is 15.5 Å². The van der Waals surface area contributed by atoms with Crippen LogP contribution in [0.15, 0.2) is 24.3 Å². The lowest BCUT2D eigenvalue weighted by molar-refractivity contribution is 0.0627. The van der Waals surface area contributed by atoms with Gasteiger partial charge in [-0.2, -0.15) is 0 Å². The average Bonchev–Trinajstić information content (AvgIpc) is 3.09. The Hall–Kier alpha value is -2.32. The quantitative estimate of drug-likeness (QED) is 0.853. The van der Waals surface area contributed by atoms with Crippen LogP contribution in [0.1, 0.15) is 46.7 Å². The van der Waals surface area contributed by atoms with Crippen molar-refractivity contribution < 1.29 is 9.18 Å². The minimum Gasteiger partial charge on any atom is -0.328 e. The lowest BCUT2D eigenvalue weighted by atomic mass is 10.0. The molecule has 0 aliphatic carbocycles. The Morgan fingerprint density at radius 2 is 2.04 bits per heavy atom. The Kier molecular flexibility index (Phi) is 5.18. The van der Waals surface area contributed by atoms with E-state index in [0.29, 0.717) is 25.3 Å². The topological polar surface area (TPSA) is 75.1 Å². The summed E-state index contributed by atoms with van der Waals surface area (Å²) in [5.74, 6) is -0.429. The van der Waals surface area contributed by atoms with Crippen molar-refractivity contribution in [2.45, 2.75) is 31.8 Å². The molecule has 144 valence electrons. The van der Waals surface area contributed by atoms with Crippen LogP contribution in [0, 0.1) is 12.7 Å². The predicted molar refractivity (Wildman–Crippen MR) is 98.9 cm³/mol. The van der Waals surface area contributed by atoms with Gasteiger partial charge in [0, 0.05) is 19.6 Å². The standard InChI is InChI=1S/C19H25FN6O/c1-13-18(23-24-26(13)16-5-7-21-8-6-16)19(27)25-10-9-22-12-17(25)14-3-2-4-15(20)11-14/h2-4,11,16-17,21-22H,5-10,12H2,1H3. The first kappa shape index (κ1) is 18.1. The molecule has 2 aliphatic rings. The summed E-state index contributed by atoms with van der Waals surface area (Å²) in [5, 5.41) is 15.1. The Morgan fingerprint density at radius 1 is 1.22 bits per heavy atom. The number of amides is 1. The van der Waals surface area contributed by atoms with Crippen LogP contribution in [0.2, 0.25) is 0 Å². The number of rotatable bonds is 3. The van der Waals surface area contributed by atoms with E-state index >= 15 is 0 Å². The third-order valence-electron chi connectivity index (χ3n) is 5.52. The van der Waals surface area contributed by atoms with Gasteiger partial charge in [-0.1, -0.05) is 17.3 Å². The third-order valence-corrected chi connectivity index (χ3v) is 5.52. The van der Waals surface area contributed by atoms with Crippen molar-refractivity contribution in [1.82, 2.24) is 30.5 Å². The molecule has 1 aromatic carbocycles. The number of carbonyl (C=O) groups is 1. The smallest absolute Gasteiger partial charge is 0.276 e. The summed E-state index contributed by atoms with van der Waals surface area (Å²) in [4.78, 5) is 15.0. The van der Waals surface area contributed by atoms with E-state index in [2.05, 4.69) is 20.9 Å². The molecule has 2 aliphatic heterocycles. The molecule has 1 amide bonds. The number of nitrogens with zero attached hydrogens (tertiary/aromatic N) is 4. The zero-order chi connectivity index (χ0) is 18.8. The summed E-state index contributed by atoms with van der Waals surface area (Å²) >= 11 is 0. The van der Waals surface area contributed by atoms with E-state index < -0.39 is 0 Å². The number of carbonyl (C=O) groups excluding carboxylic acids is 1. The molecule has 1 atom stereocenters. The first-order chi connectivity index (χ1) is 13.1. The van der Waals surface area contributed by atoms with E-state index in [9.17, 15) is 9.18 Å². The van der Waals surface area contributed by atoms with Crippen LogP contribution in [-0.2, 0) is 0 Å².